The van der Waals surface area contributed by atoms with E-state index in [0.29, 0.717) is 23.8 Å². The quantitative estimate of drug-likeness (QED) is 0.671. The van der Waals surface area contributed by atoms with Crippen LogP contribution < -0.4 is 10.1 Å². The van der Waals surface area contributed by atoms with E-state index in [-0.39, 0.29) is 17.3 Å². The fraction of sp³-hybridized carbons (Fsp3) is 0.286. The van der Waals surface area contributed by atoms with E-state index >= 15 is 0 Å². The van der Waals surface area contributed by atoms with Crippen molar-refractivity contribution >= 4 is 11.5 Å². The summed E-state index contributed by atoms with van der Waals surface area (Å²) in [6.07, 6.45) is 0. The van der Waals surface area contributed by atoms with Crippen LogP contribution in [0.5, 0.6) is 11.6 Å². The van der Waals surface area contributed by atoms with Gasteiger partial charge in [0.05, 0.1) is 4.92 Å². The van der Waals surface area contributed by atoms with Crippen LogP contribution in [0.4, 0.5) is 11.5 Å². The third-order valence-corrected chi connectivity index (χ3v) is 2.77. The van der Waals surface area contributed by atoms with E-state index in [4.69, 9.17) is 4.74 Å². The van der Waals surface area contributed by atoms with Crippen molar-refractivity contribution in [1.29, 1.82) is 0 Å². The highest BCUT2D eigenvalue weighted by molar-refractivity contribution is 5.53. The molecule has 0 amide bonds. The van der Waals surface area contributed by atoms with Crippen LogP contribution in [0.25, 0.3) is 0 Å². The third kappa shape index (κ3) is 3.44. The SMILES string of the molecule is CCNc1cc(Oc2cccc(C)c2[N+](=O)[O-])nc(C)n1. The predicted octanol–water partition coefficient (Wildman–Crippen LogP) is 3.23. The number of ether oxygens (including phenoxy) is 1. The number of nitrogens with zero attached hydrogens (tertiary/aromatic N) is 3. The number of nitrogens with one attached hydrogen (secondary N) is 1. The van der Waals surface area contributed by atoms with E-state index in [1.165, 1.54) is 0 Å². The zero-order valence-corrected chi connectivity index (χ0v) is 12.1. The molecule has 1 aromatic heterocycles. The molecule has 0 aliphatic carbocycles. The summed E-state index contributed by atoms with van der Waals surface area (Å²) >= 11 is 0. The van der Waals surface area contributed by atoms with Gasteiger partial charge in [0.1, 0.15) is 11.6 Å². The van der Waals surface area contributed by atoms with Crippen LogP contribution >= 0.6 is 0 Å². The third-order valence-electron chi connectivity index (χ3n) is 2.77. The molecule has 2 aromatic rings. The summed E-state index contributed by atoms with van der Waals surface area (Å²) in [5.74, 6) is 1.58. The maximum Gasteiger partial charge on any atom is 0.314 e. The molecular formula is C14H16N4O3. The molecule has 0 saturated carbocycles. The smallest absolute Gasteiger partial charge is 0.314 e. The molecule has 1 heterocycles. The number of aryl methyl sites for hydroxylation is 2. The summed E-state index contributed by atoms with van der Waals surface area (Å²) in [5.41, 5.74) is 0.481. The van der Waals surface area contributed by atoms with Gasteiger partial charge in [-0.1, -0.05) is 12.1 Å². The van der Waals surface area contributed by atoms with Gasteiger partial charge < -0.3 is 10.1 Å². The topological polar surface area (TPSA) is 90.2 Å². The molecule has 110 valence electrons. The maximum absolute atomic E-state index is 11.1. The molecule has 21 heavy (non-hydrogen) atoms. The number of anilines is 1. The first-order valence-electron chi connectivity index (χ1n) is 6.52. The van der Waals surface area contributed by atoms with Crippen molar-refractivity contribution in [2.75, 3.05) is 11.9 Å². The van der Waals surface area contributed by atoms with Crippen molar-refractivity contribution in [2.24, 2.45) is 0 Å². The fourth-order valence-electron chi connectivity index (χ4n) is 1.93. The van der Waals surface area contributed by atoms with Crippen LogP contribution in [0, 0.1) is 24.0 Å². The van der Waals surface area contributed by atoms with Crippen molar-refractivity contribution in [1.82, 2.24) is 9.97 Å². The lowest BCUT2D eigenvalue weighted by Gasteiger charge is -2.09. The minimum absolute atomic E-state index is 0.0567. The molecule has 1 aromatic carbocycles. The first-order chi connectivity index (χ1) is 10.0. The number of benzene rings is 1. The Labute approximate surface area is 122 Å². The first-order valence-corrected chi connectivity index (χ1v) is 6.52. The Morgan fingerprint density at radius 1 is 1.33 bits per heavy atom. The number of nitro benzene ring substituents is 1. The van der Waals surface area contributed by atoms with Crippen molar-refractivity contribution in [3.63, 3.8) is 0 Å². The highest BCUT2D eigenvalue weighted by Gasteiger charge is 2.19. The Balaban J connectivity index is 2.38. The molecule has 7 heteroatoms. The number of para-hydroxylation sites is 1. The molecular weight excluding hydrogens is 272 g/mol. The zero-order valence-electron chi connectivity index (χ0n) is 12.1. The van der Waals surface area contributed by atoms with Gasteiger partial charge in [0.2, 0.25) is 11.6 Å². The van der Waals surface area contributed by atoms with Gasteiger partial charge in [-0.25, -0.2) is 4.98 Å². The standard InChI is InChI=1S/C14H16N4O3/c1-4-15-12-8-13(17-10(3)16-12)21-11-7-5-6-9(2)14(11)18(19)20/h5-8H,4H2,1-3H3,(H,15,16,17). The van der Waals surface area contributed by atoms with Crippen LogP contribution in [0.1, 0.15) is 18.3 Å². The zero-order chi connectivity index (χ0) is 15.4. The second-order valence-electron chi connectivity index (χ2n) is 4.45. The second-order valence-corrected chi connectivity index (χ2v) is 4.45. The van der Waals surface area contributed by atoms with Gasteiger partial charge in [0, 0.05) is 18.2 Å². The van der Waals surface area contributed by atoms with Crippen molar-refractivity contribution in [3.8, 4) is 11.6 Å². The fourth-order valence-corrected chi connectivity index (χ4v) is 1.93. The van der Waals surface area contributed by atoms with E-state index in [1.807, 2.05) is 6.92 Å². The Hall–Kier alpha value is -2.70. The summed E-state index contributed by atoms with van der Waals surface area (Å²) in [6, 6.07) is 6.54. The molecule has 7 nitrogen and oxygen atoms in total. The lowest BCUT2D eigenvalue weighted by atomic mass is 10.2. The molecule has 1 N–H and O–H groups in total. The molecule has 0 aliphatic heterocycles. The van der Waals surface area contributed by atoms with E-state index in [1.54, 1.807) is 38.1 Å². The summed E-state index contributed by atoms with van der Waals surface area (Å²) in [6.45, 7) is 6.06. The average Bonchev–Trinajstić information content (AvgIpc) is 2.37. The van der Waals surface area contributed by atoms with Crippen LogP contribution in [0.3, 0.4) is 0 Å². The number of nitro groups is 1. The molecule has 0 atom stereocenters. The Kier molecular flexibility index (Phi) is 4.32. The van der Waals surface area contributed by atoms with Gasteiger partial charge >= 0.3 is 5.69 Å². The van der Waals surface area contributed by atoms with E-state index in [9.17, 15) is 10.1 Å². The van der Waals surface area contributed by atoms with Crippen LogP contribution in [0.2, 0.25) is 0 Å². The molecule has 0 radical (unpaired) electrons. The molecule has 0 saturated heterocycles. The minimum Gasteiger partial charge on any atom is -0.432 e. The van der Waals surface area contributed by atoms with Gasteiger partial charge in [-0.15, -0.1) is 0 Å². The van der Waals surface area contributed by atoms with Gasteiger partial charge in [0.15, 0.2) is 0 Å². The number of rotatable bonds is 5. The van der Waals surface area contributed by atoms with Gasteiger partial charge in [-0.3, -0.25) is 10.1 Å². The van der Waals surface area contributed by atoms with Gasteiger partial charge in [-0.05, 0) is 26.8 Å². The highest BCUT2D eigenvalue weighted by atomic mass is 16.6. The predicted molar refractivity (Wildman–Crippen MR) is 78.8 cm³/mol. The second kappa shape index (κ2) is 6.17. The van der Waals surface area contributed by atoms with Crippen molar-refractivity contribution < 1.29 is 9.66 Å². The first kappa shape index (κ1) is 14.7. The lowest BCUT2D eigenvalue weighted by molar-refractivity contribution is -0.386. The molecule has 0 unspecified atom stereocenters. The maximum atomic E-state index is 11.1. The number of hydrogen-bond donors (Lipinski definition) is 1. The van der Waals surface area contributed by atoms with Crippen LogP contribution in [-0.4, -0.2) is 21.4 Å². The monoisotopic (exact) mass is 288 g/mol. The van der Waals surface area contributed by atoms with Crippen LogP contribution in [0.15, 0.2) is 24.3 Å². The Morgan fingerprint density at radius 2 is 2.10 bits per heavy atom. The highest BCUT2D eigenvalue weighted by Crippen LogP contribution is 2.33. The molecule has 2 rings (SSSR count). The summed E-state index contributed by atoms with van der Waals surface area (Å²) in [5, 5.41) is 14.2. The largest absolute Gasteiger partial charge is 0.432 e. The average molecular weight is 288 g/mol. The van der Waals surface area contributed by atoms with Crippen molar-refractivity contribution in [3.05, 3.63) is 45.8 Å². The minimum atomic E-state index is -0.454. The van der Waals surface area contributed by atoms with Crippen LogP contribution in [-0.2, 0) is 0 Å². The summed E-state index contributed by atoms with van der Waals surface area (Å²) in [4.78, 5) is 19.0. The Morgan fingerprint density at radius 3 is 2.76 bits per heavy atom. The van der Waals surface area contributed by atoms with Crippen molar-refractivity contribution in [2.45, 2.75) is 20.8 Å². The molecule has 0 fully saturated rings. The summed E-state index contributed by atoms with van der Waals surface area (Å²) < 4.78 is 5.59. The lowest BCUT2D eigenvalue weighted by Crippen LogP contribution is -2.03. The van der Waals surface area contributed by atoms with Gasteiger partial charge in [0.25, 0.3) is 0 Å². The molecule has 0 bridgehead atoms. The van der Waals surface area contributed by atoms with E-state index < -0.39 is 4.92 Å². The van der Waals surface area contributed by atoms with E-state index in [2.05, 4.69) is 15.3 Å². The number of hydrogen-bond acceptors (Lipinski definition) is 6. The summed E-state index contributed by atoms with van der Waals surface area (Å²) in [7, 11) is 0. The number of aromatic nitrogens is 2. The molecule has 0 spiro atoms. The van der Waals surface area contributed by atoms with Gasteiger partial charge in [-0.2, -0.15) is 4.98 Å². The van der Waals surface area contributed by atoms with E-state index in [0.717, 1.165) is 0 Å². The Bertz CT molecular complexity index is 673. The normalized spacial score (nSPS) is 10.2. The molecule has 0 aliphatic rings.